The zero-order chi connectivity index (χ0) is 7.98. The lowest BCUT2D eigenvalue weighted by Crippen LogP contribution is -2.39. The van der Waals surface area contributed by atoms with Crippen LogP contribution in [0, 0.1) is 0 Å². The molecule has 3 N–H and O–H groups in total. The Kier molecular flexibility index (Phi) is 4.66. The molecule has 0 heterocycles. The van der Waals surface area contributed by atoms with Gasteiger partial charge in [-0.15, -0.1) is 0 Å². The van der Waals surface area contributed by atoms with Gasteiger partial charge < -0.3 is 11.1 Å². The molecule has 0 aromatic rings. The van der Waals surface area contributed by atoms with Gasteiger partial charge in [-0.05, 0) is 13.1 Å². The quantitative estimate of drug-likeness (QED) is 0.545. The van der Waals surface area contributed by atoms with Crippen molar-refractivity contribution in [1.82, 2.24) is 10.2 Å². The zero-order valence-corrected chi connectivity index (χ0v) is 6.55. The van der Waals surface area contributed by atoms with E-state index in [4.69, 9.17) is 5.73 Å². The van der Waals surface area contributed by atoms with E-state index in [9.17, 15) is 4.79 Å². The van der Waals surface area contributed by atoms with Gasteiger partial charge >= 0.3 is 6.03 Å². The van der Waals surface area contributed by atoms with Gasteiger partial charge in [0.15, 0.2) is 0 Å². The first-order valence-electron chi connectivity index (χ1n) is 3.46. The SMILES string of the molecule is CCN(CC)CNC(N)=O. The standard InChI is InChI=1S/C6H15N3O/c1-3-9(4-2)5-8-6(7)10/h3-5H2,1-2H3,(H3,7,8,10). The van der Waals surface area contributed by atoms with E-state index < -0.39 is 6.03 Å². The molecule has 0 aliphatic heterocycles. The molecular formula is C6H15N3O. The van der Waals surface area contributed by atoms with Crippen molar-refractivity contribution in [3.05, 3.63) is 0 Å². The number of rotatable bonds is 4. The second kappa shape index (κ2) is 5.05. The van der Waals surface area contributed by atoms with Crippen molar-refractivity contribution in [3.63, 3.8) is 0 Å². The van der Waals surface area contributed by atoms with Crippen LogP contribution >= 0.6 is 0 Å². The number of urea groups is 1. The van der Waals surface area contributed by atoms with Crippen molar-refractivity contribution in [1.29, 1.82) is 0 Å². The maximum Gasteiger partial charge on any atom is 0.313 e. The maximum absolute atomic E-state index is 10.2. The third-order valence-corrected chi connectivity index (χ3v) is 1.37. The van der Waals surface area contributed by atoms with Gasteiger partial charge in [-0.1, -0.05) is 13.8 Å². The van der Waals surface area contributed by atoms with E-state index in [-0.39, 0.29) is 0 Å². The molecule has 0 atom stereocenters. The van der Waals surface area contributed by atoms with E-state index in [1.165, 1.54) is 0 Å². The molecule has 0 unspecified atom stereocenters. The van der Waals surface area contributed by atoms with Crippen LogP contribution < -0.4 is 11.1 Å². The average Bonchev–Trinajstić information content (AvgIpc) is 1.90. The molecule has 0 spiro atoms. The molecule has 4 nitrogen and oxygen atoms in total. The molecule has 0 aliphatic rings. The second-order valence-corrected chi connectivity index (χ2v) is 2.00. The summed E-state index contributed by atoms with van der Waals surface area (Å²) in [5.41, 5.74) is 4.87. The largest absolute Gasteiger partial charge is 0.352 e. The van der Waals surface area contributed by atoms with Gasteiger partial charge in [-0.25, -0.2) is 4.79 Å². The number of nitrogens with one attached hydrogen (secondary N) is 1. The molecule has 0 aliphatic carbocycles. The molecule has 0 aromatic carbocycles. The lowest BCUT2D eigenvalue weighted by atomic mass is 10.5. The van der Waals surface area contributed by atoms with Crippen molar-refractivity contribution < 1.29 is 4.79 Å². The van der Waals surface area contributed by atoms with E-state index in [0.29, 0.717) is 6.67 Å². The third kappa shape index (κ3) is 4.14. The second-order valence-electron chi connectivity index (χ2n) is 2.00. The van der Waals surface area contributed by atoms with Crippen molar-refractivity contribution in [2.75, 3.05) is 19.8 Å². The minimum atomic E-state index is -0.466. The minimum absolute atomic E-state index is 0.466. The summed E-state index contributed by atoms with van der Waals surface area (Å²) in [6, 6.07) is -0.466. The zero-order valence-electron chi connectivity index (χ0n) is 6.55. The molecule has 4 heteroatoms. The summed E-state index contributed by atoms with van der Waals surface area (Å²) in [6.45, 7) is 6.47. The third-order valence-electron chi connectivity index (χ3n) is 1.37. The summed E-state index contributed by atoms with van der Waals surface area (Å²) >= 11 is 0. The van der Waals surface area contributed by atoms with Gasteiger partial charge in [0.2, 0.25) is 0 Å². The summed E-state index contributed by atoms with van der Waals surface area (Å²) in [5, 5.41) is 2.51. The topological polar surface area (TPSA) is 58.4 Å². The first-order valence-corrected chi connectivity index (χ1v) is 3.46. The summed E-state index contributed by atoms with van der Waals surface area (Å²) in [4.78, 5) is 12.3. The van der Waals surface area contributed by atoms with Crippen LogP contribution in [-0.2, 0) is 0 Å². The first-order chi connectivity index (χ1) is 4.70. The fourth-order valence-electron chi connectivity index (χ4n) is 0.637. The minimum Gasteiger partial charge on any atom is -0.352 e. The summed E-state index contributed by atoms with van der Waals surface area (Å²) in [5.74, 6) is 0. The maximum atomic E-state index is 10.2. The fourth-order valence-corrected chi connectivity index (χ4v) is 0.637. The molecule has 10 heavy (non-hydrogen) atoms. The smallest absolute Gasteiger partial charge is 0.313 e. The van der Waals surface area contributed by atoms with Crippen LogP contribution in [0.5, 0.6) is 0 Å². The summed E-state index contributed by atoms with van der Waals surface area (Å²) < 4.78 is 0. The molecule has 0 radical (unpaired) electrons. The van der Waals surface area contributed by atoms with Crippen LogP contribution in [0.3, 0.4) is 0 Å². The number of nitrogens with zero attached hydrogens (tertiary/aromatic N) is 1. The van der Waals surface area contributed by atoms with Gasteiger partial charge in [0.1, 0.15) is 0 Å². The molecular weight excluding hydrogens is 130 g/mol. The molecule has 0 bridgehead atoms. The molecule has 2 amide bonds. The van der Waals surface area contributed by atoms with Gasteiger partial charge in [-0.2, -0.15) is 0 Å². The van der Waals surface area contributed by atoms with Crippen molar-refractivity contribution in [2.24, 2.45) is 5.73 Å². The highest BCUT2D eigenvalue weighted by Crippen LogP contribution is 1.81. The van der Waals surface area contributed by atoms with Gasteiger partial charge in [0, 0.05) is 0 Å². The Bertz CT molecular complexity index is 101. The number of hydrogen-bond acceptors (Lipinski definition) is 2. The van der Waals surface area contributed by atoms with Crippen LogP contribution in [0.25, 0.3) is 0 Å². The summed E-state index contributed by atoms with van der Waals surface area (Å²) in [7, 11) is 0. The van der Waals surface area contributed by atoms with Crippen LogP contribution in [0.2, 0.25) is 0 Å². The molecule has 0 saturated heterocycles. The van der Waals surface area contributed by atoms with Crippen molar-refractivity contribution >= 4 is 6.03 Å². The number of carbonyl (C=O) groups excluding carboxylic acids is 1. The van der Waals surface area contributed by atoms with Crippen LogP contribution in [0.1, 0.15) is 13.8 Å². The van der Waals surface area contributed by atoms with Gasteiger partial charge in [-0.3, -0.25) is 4.90 Å². The number of hydrogen-bond donors (Lipinski definition) is 2. The van der Waals surface area contributed by atoms with Crippen molar-refractivity contribution in [2.45, 2.75) is 13.8 Å². The number of nitrogens with two attached hydrogens (primary N) is 1. The number of primary amides is 1. The van der Waals surface area contributed by atoms with Crippen LogP contribution in [-0.4, -0.2) is 30.7 Å². The van der Waals surface area contributed by atoms with E-state index >= 15 is 0 Å². The van der Waals surface area contributed by atoms with E-state index in [1.807, 2.05) is 13.8 Å². The Morgan fingerprint density at radius 2 is 2.00 bits per heavy atom. The molecule has 0 rings (SSSR count). The summed E-state index contributed by atoms with van der Waals surface area (Å²) in [6.07, 6.45) is 0. The molecule has 0 saturated carbocycles. The molecule has 0 fully saturated rings. The Balaban J connectivity index is 3.34. The van der Waals surface area contributed by atoms with Crippen molar-refractivity contribution in [3.8, 4) is 0 Å². The van der Waals surface area contributed by atoms with E-state index in [0.717, 1.165) is 13.1 Å². The average molecular weight is 145 g/mol. The normalized spacial score (nSPS) is 9.90. The first kappa shape index (κ1) is 9.23. The monoisotopic (exact) mass is 145 g/mol. The lowest BCUT2D eigenvalue weighted by molar-refractivity contribution is 0.233. The number of amides is 2. The Morgan fingerprint density at radius 3 is 2.30 bits per heavy atom. The predicted octanol–water partition coefficient (Wildman–Crippen LogP) is -0.0460. The molecule has 0 aromatic heterocycles. The van der Waals surface area contributed by atoms with Gasteiger partial charge in [0.05, 0.1) is 6.67 Å². The van der Waals surface area contributed by atoms with E-state index in [1.54, 1.807) is 0 Å². The highest BCUT2D eigenvalue weighted by molar-refractivity contribution is 5.71. The highest BCUT2D eigenvalue weighted by Gasteiger charge is 1.97. The fraction of sp³-hybridized carbons (Fsp3) is 0.833. The van der Waals surface area contributed by atoms with Gasteiger partial charge in [0.25, 0.3) is 0 Å². The van der Waals surface area contributed by atoms with E-state index in [2.05, 4.69) is 10.2 Å². The van der Waals surface area contributed by atoms with Crippen LogP contribution in [0.15, 0.2) is 0 Å². The highest BCUT2D eigenvalue weighted by atomic mass is 16.2. The Hall–Kier alpha value is -0.770. The molecule has 60 valence electrons. The van der Waals surface area contributed by atoms with Crippen LogP contribution in [0.4, 0.5) is 4.79 Å². The number of carbonyl (C=O) groups is 1. The predicted molar refractivity (Wildman–Crippen MR) is 40.5 cm³/mol. The Labute approximate surface area is 61.4 Å². The Morgan fingerprint density at radius 1 is 1.50 bits per heavy atom. The lowest BCUT2D eigenvalue weighted by Gasteiger charge is -2.17.